The maximum absolute atomic E-state index is 5.07. The lowest BCUT2D eigenvalue weighted by Crippen LogP contribution is -1.94. The third-order valence-electron chi connectivity index (χ3n) is 10.6. The van der Waals surface area contributed by atoms with Crippen LogP contribution in [0, 0.1) is 0 Å². The maximum Gasteiger partial charge on any atom is 0.0715 e. The van der Waals surface area contributed by atoms with Crippen LogP contribution < -0.4 is 0 Å². The minimum Gasteiger partial charge on any atom is -0.309 e. The first-order chi connectivity index (χ1) is 27.2. The van der Waals surface area contributed by atoms with E-state index in [4.69, 9.17) is 4.98 Å². The first-order valence-corrected chi connectivity index (χ1v) is 18.8. The molecular formula is C53H36N2. The number of benzene rings is 8. The van der Waals surface area contributed by atoms with Gasteiger partial charge in [-0.2, -0.15) is 0 Å². The van der Waals surface area contributed by atoms with Gasteiger partial charge in [-0.1, -0.05) is 170 Å². The Labute approximate surface area is 321 Å². The molecule has 0 fully saturated rings. The van der Waals surface area contributed by atoms with Gasteiger partial charge in [-0.15, -0.1) is 0 Å². The highest BCUT2D eigenvalue weighted by molar-refractivity contribution is 6.11. The van der Waals surface area contributed by atoms with Crippen molar-refractivity contribution in [1.82, 2.24) is 9.55 Å². The SMILES string of the molecule is c1ccc(-c2ccc3c(c2)c2cc(-c4ccccc4)ccc2n3-c2ccc(-c3ccc(-c4cc(-c5ccccc5)nc(-c5ccccc5)c4)cc3)cc2)cc1. The Balaban J connectivity index is 1.02. The van der Waals surface area contributed by atoms with Crippen molar-refractivity contribution >= 4 is 21.8 Å². The molecular weight excluding hydrogens is 665 g/mol. The number of aromatic nitrogens is 2. The van der Waals surface area contributed by atoms with Crippen LogP contribution in [0.15, 0.2) is 218 Å². The van der Waals surface area contributed by atoms with Crippen molar-refractivity contribution in [3.05, 3.63) is 218 Å². The molecule has 0 unspecified atom stereocenters. The van der Waals surface area contributed by atoms with Gasteiger partial charge in [0.2, 0.25) is 0 Å². The first kappa shape index (κ1) is 32.4. The lowest BCUT2D eigenvalue weighted by atomic mass is 9.97. The summed E-state index contributed by atoms with van der Waals surface area (Å²) in [6.45, 7) is 0. The lowest BCUT2D eigenvalue weighted by molar-refractivity contribution is 1.18. The molecule has 55 heavy (non-hydrogen) atoms. The van der Waals surface area contributed by atoms with Gasteiger partial charge in [0.15, 0.2) is 0 Å². The van der Waals surface area contributed by atoms with E-state index in [0.717, 1.165) is 39.3 Å². The molecule has 2 heteroatoms. The van der Waals surface area contributed by atoms with E-state index >= 15 is 0 Å². The maximum atomic E-state index is 5.07. The van der Waals surface area contributed by atoms with Gasteiger partial charge in [0.1, 0.15) is 0 Å². The van der Waals surface area contributed by atoms with Crippen molar-refractivity contribution in [2.75, 3.05) is 0 Å². The fourth-order valence-electron chi connectivity index (χ4n) is 7.79. The molecule has 0 atom stereocenters. The van der Waals surface area contributed by atoms with E-state index in [1.165, 1.54) is 55.2 Å². The second kappa shape index (κ2) is 13.9. The molecule has 10 aromatic rings. The first-order valence-electron chi connectivity index (χ1n) is 18.8. The predicted octanol–water partition coefficient (Wildman–Crippen LogP) is 14.2. The summed E-state index contributed by atoms with van der Waals surface area (Å²) in [5, 5.41) is 2.49. The summed E-state index contributed by atoms with van der Waals surface area (Å²) < 4.78 is 2.40. The molecule has 2 aromatic heterocycles. The van der Waals surface area contributed by atoms with Crippen LogP contribution in [0.3, 0.4) is 0 Å². The molecule has 0 amide bonds. The summed E-state index contributed by atoms with van der Waals surface area (Å²) in [6, 6.07) is 78.2. The monoisotopic (exact) mass is 700 g/mol. The van der Waals surface area contributed by atoms with Crippen LogP contribution in [0.2, 0.25) is 0 Å². The van der Waals surface area contributed by atoms with E-state index in [-0.39, 0.29) is 0 Å². The Morgan fingerprint density at radius 2 is 0.582 bits per heavy atom. The van der Waals surface area contributed by atoms with Crippen LogP contribution in [0.4, 0.5) is 0 Å². The summed E-state index contributed by atoms with van der Waals surface area (Å²) in [5.41, 5.74) is 17.2. The van der Waals surface area contributed by atoms with Gasteiger partial charge in [-0.25, -0.2) is 4.98 Å². The highest BCUT2D eigenvalue weighted by Crippen LogP contribution is 2.38. The summed E-state index contributed by atoms with van der Waals surface area (Å²) in [7, 11) is 0. The molecule has 0 saturated carbocycles. The van der Waals surface area contributed by atoms with Crippen LogP contribution in [-0.4, -0.2) is 9.55 Å². The molecule has 0 N–H and O–H groups in total. The molecule has 0 aliphatic rings. The van der Waals surface area contributed by atoms with Crippen molar-refractivity contribution in [1.29, 1.82) is 0 Å². The molecule has 2 heterocycles. The van der Waals surface area contributed by atoms with Crippen LogP contribution >= 0.6 is 0 Å². The van der Waals surface area contributed by atoms with Crippen molar-refractivity contribution in [2.24, 2.45) is 0 Å². The molecule has 0 radical (unpaired) electrons. The van der Waals surface area contributed by atoms with Gasteiger partial charge in [-0.05, 0) is 93.0 Å². The topological polar surface area (TPSA) is 17.8 Å². The number of pyridine rings is 1. The largest absolute Gasteiger partial charge is 0.309 e. The third kappa shape index (κ3) is 6.20. The quantitative estimate of drug-likeness (QED) is 0.162. The zero-order valence-corrected chi connectivity index (χ0v) is 30.2. The predicted molar refractivity (Wildman–Crippen MR) is 231 cm³/mol. The van der Waals surface area contributed by atoms with Crippen molar-refractivity contribution in [2.45, 2.75) is 0 Å². The smallest absolute Gasteiger partial charge is 0.0715 e. The standard InChI is InChI=1S/C53H36N2/c1-5-13-37(14-6-1)44-27-31-52-48(33-44)49-34-45(38-15-7-2-8-16-38)28-32-53(49)55(52)47-29-25-40(26-30-47)39-21-23-41(24-22-39)46-35-50(42-17-9-3-10-18-42)54-51(36-46)43-19-11-4-12-20-43/h1-36H. The fraction of sp³-hybridized carbons (Fsp3) is 0. The van der Waals surface area contributed by atoms with Crippen LogP contribution in [-0.2, 0) is 0 Å². The van der Waals surface area contributed by atoms with E-state index in [1.807, 2.05) is 12.1 Å². The number of hydrogen-bond donors (Lipinski definition) is 0. The second-order valence-electron chi connectivity index (χ2n) is 14.0. The highest BCUT2D eigenvalue weighted by Gasteiger charge is 2.15. The molecule has 10 rings (SSSR count). The second-order valence-corrected chi connectivity index (χ2v) is 14.0. The van der Waals surface area contributed by atoms with Crippen molar-refractivity contribution in [3.63, 3.8) is 0 Å². The minimum absolute atomic E-state index is 0.967. The minimum atomic E-state index is 0.967. The third-order valence-corrected chi connectivity index (χ3v) is 10.6. The zero-order valence-electron chi connectivity index (χ0n) is 30.2. The summed E-state index contributed by atoms with van der Waals surface area (Å²) in [6.07, 6.45) is 0. The van der Waals surface area contributed by atoms with E-state index in [1.54, 1.807) is 0 Å². The van der Waals surface area contributed by atoms with Crippen LogP contribution in [0.25, 0.3) is 94.5 Å². The van der Waals surface area contributed by atoms with E-state index < -0.39 is 0 Å². The summed E-state index contributed by atoms with van der Waals surface area (Å²) in [4.78, 5) is 5.07. The molecule has 258 valence electrons. The average molecular weight is 701 g/mol. The van der Waals surface area contributed by atoms with Crippen LogP contribution in [0.5, 0.6) is 0 Å². The van der Waals surface area contributed by atoms with E-state index in [9.17, 15) is 0 Å². The Morgan fingerprint density at radius 3 is 1.00 bits per heavy atom. The number of hydrogen-bond acceptors (Lipinski definition) is 1. The fourth-order valence-corrected chi connectivity index (χ4v) is 7.79. The normalized spacial score (nSPS) is 11.3. The molecule has 0 bridgehead atoms. The lowest BCUT2D eigenvalue weighted by Gasteiger charge is -2.12. The van der Waals surface area contributed by atoms with Gasteiger partial charge >= 0.3 is 0 Å². The highest BCUT2D eigenvalue weighted by atomic mass is 15.0. The Hall–Kier alpha value is -7.29. The van der Waals surface area contributed by atoms with Gasteiger partial charge in [-0.3, -0.25) is 0 Å². The number of fused-ring (bicyclic) bond motifs is 3. The van der Waals surface area contributed by atoms with Gasteiger partial charge in [0.05, 0.1) is 22.4 Å². The molecule has 0 aliphatic heterocycles. The van der Waals surface area contributed by atoms with E-state index in [2.05, 4.69) is 211 Å². The summed E-state index contributed by atoms with van der Waals surface area (Å²) in [5.74, 6) is 0. The van der Waals surface area contributed by atoms with Crippen molar-refractivity contribution in [3.8, 4) is 72.7 Å². The molecule has 2 nitrogen and oxygen atoms in total. The Kier molecular flexibility index (Phi) is 8.20. The van der Waals surface area contributed by atoms with Gasteiger partial charge in [0, 0.05) is 27.6 Å². The number of rotatable bonds is 7. The average Bonchev–Trinajstić information content (AvgIpc) is 3.60. The van der Waals surface area contributed by atoms with Crippen LogP contribution in [0.1, 0.15) is 0 Å². The van der Waals surface area contributed by atoms with Crippen molar-refractivity contribution < 1.29 is 0 Å². The van der Waals surface area contributed by atoms with Gasteiger partial charge < -0.3 is 4.57 Å². The Bertz CT molecular complexity index is 2760. The van der Waals surface area contributed by atoms with E-state index in [0.29, 0.717) is 0 Å². The Morgan fingerprint density at radius 1 is 0.255 bits per heavy atom. The molecule has 0 saturated heterocycles. The van der Waals surface area contributed by atoms with Gasteiger partial charge in [0.25, 0.3) is 0 Å². The molecule has 8 aromatic carbocycles. The molecule has 0 spiro atoms. The zero-order chi connectivity index (χ0) is 36.6. The number of nitrogens with zero attached hydrogens (tertiary/aromatic N) is 2. The summed E-state index contributed by atoms with van der Waals surface area (Å²) >= 11 is 0. The molecule has 0 aliphatic carbocycles.